The lowest BCUT2D eigenvalue weighted by Crippen LogP contribution is -2.25. The Hall–Kier alpha value is -1.35. The molecule has 0 aliphatic heterocycles. The van der Waals surface area contributed by atoms with Crippen molar-refractivity contribution in [1.82, 2.24) is 0 Å². The fourth-order valence-electron chi connectivity index (χ4n) is 1.57. The van der Waals surface area contributed by atoms with Crippen molar-refractivity contribution in [2.75, 3.05) is 7.11 Å². The number of carboxylic acids is 1. The second-order valence-corrected chi connectivity index (χ2v) is 3.39. The summed E-state index contributed by atoms with van der Waals surface area (Å²) in [7, 11) is 1.42. The minimum Gasteiger partial charge on any atom is -0.479 e. The first-order chi connectivity index (χ1) is 7.19. The standard InChI is InChI=1S/C12H16O3/c1-3-9-6-4-5-7-10(9)8-11(15-2)12(13)14/h4-7,11H,3,8H2,1-2H3,(H,13,14)/t11-/m0/s1. The second kappa shape index (κ2) is 5.51. The number of ether oxygens (including phenoxy) is 1. The van der Waals surface area contributed by atoms with Gasteiger partial charge in [-0.1, -0.05) is 31.2 Å². The van der Waals surface area contributed by atoms with Crippen LogP contribution in [0.25, 0.3) is 0 Å². The van der Waals surface area contributed by atoms with Crippen LogP contribution in [0.3, 0.4) is 0 Å². The summed E-state index contributed by atoms with van der Waals surface area (Å²) in [5.74, 6) is -0.914. The lowest BCUT2D eigenvalue weighted by atomic mass is 10.00. The number of hydrogen-bond acceptors (Lipinski definition) is 2. The van der Waals surface area contributed by atoms with Crippen LogP contribution in [0.5, 0.6) is 0 Å². The van der Waals surface area contributed by atoms with Gasteiger partial charge >= 0.3 is 5.97 Å². The zero-order valence-electron chi connectivity index (χ0n) is 9.06. The van der Waals surface area contributed by atoms with E-state index in [4.69, 9.17) is 9.84 Å². The topological polar surface area (TPSA) is 46.5 Å². The Balaban J connectivity index is 2.82. The molecule has 3 nitrogen and oxygen atoms in total. The Labute approximate surface area is 89.7 Å². The average Bonchev–Trinajstić information content (AvgIpc) is 2.25. The third kappa shape index (κ3) is 3.06. The van der Waals surface area contributed by atoms with Crippen molar-refractivity contribution in [3.63, 3.8) is 0 Å². The number of hydrogen-bond donors (Lipinski definition) is 1. The molecule has 0 saturated carbocycles. The molecule has 0 aliphatic carbocycles. The van der Waals surface area contributed by atoms with Crippen molar-refractivity contribution in [2.24, 2.45) is 0 Å². The number of carboxylic acid groups (broad SMARTS) is 1. The van der Waals surface area contributed by atoms with Gasteiger partial charge in [-0.2, -0.15) is 0 Å². The Morgan fingerprint density at radius 3 is 2.47 bits per heavy atom. The molecule has 0 saturated heterocycles. The van der Waals surface area contributed by atoms with Crippen LogP contribution in [0.4, 0.5) is 0 Å². The molecule has 0 fully saturated rings. The van der Waals surface area contributed by atoms with Gasteiger partial charge in [-0.3, -0.25) is 0 Å². The van der Waals surface area contributed by atoms with Crippen molar-refractivity contribution < 1.29 is 14.6 Å². The fourth-order valence-corrected chi connectivity index (χ4v) is 1.57. The maximum Gasteiger partial charge on any atom is 0.333 e. The van der Waals surface area contributed by atoms with E-state index in [0.717, 1.165) is 12.0 Å². The molecule has 15 heavy (non-hydrogen) atoms. The number of carbonyl (C=O) groups is 1. The minimum atomic E-state index is -0.914. The summed E-state index contributed by atoms with van der Waals surface area (Å²) in [5, 5.41) is 8.87. The molecule has 0 spiro atoms. The van der Waals surface area contributed by atoms with E-state index in [-0.39, 0.29) is 0 Å². The number of aliphatic carboxylic acids is 1. The normalized spacial score (nSPS) is 12.4. The summed E-state index contributed by atoms with van der Waals surface area (Å²) in [6.07, 6.45) is 0.583. The van der Waals surface area contributed by atoms with Gasteiger partial charge in [0, 0.05) is 13.5 Å². The molecule has 1 N–H and O–H groups in total. The van der Waals surface area contributed by atoms with E-state index in [0.29, 0.717) is 6.42 Å². The van der Waals surface area contributed by atoms with Gasteiger partial charge in [0.25, 0.3) is 0 Å². The lowest BCUT2D eigenvalue weighted by Gasteiger charge is -2.12. The summed E-state index contributed by atoms with van der Waals surface area (Å²) in [4.78, 5) is 10.8. The molecular formula is C12H16O3. The van der Waals surface area contributed by atoms with Gasteiger partial charge in [0.05, 0.1) is 0 Å². The maximum atomic E-state index is 10.8. The van der Waals surface area contributed by atoms with Crippen molar-refractivity contribution >= 4 is 5.97 Å². The predicted molar refractivity (Wildman–Crippen MR) is 58.0 cm³/mol. The molecule has 0 bridgehead atoms. The van der Waals surface area contributed by atoms with Crippen LogP contribution in [-0.4, -0.2) is 24.3 Å². The summed E-state index contributed by atoms with van der Waals surface area (Å²) < 4.78 is 4.92. The zero-order valence-corrected chi connectivity index (χ0v) is 9.06. The largest absolute Gasteiger partial charge is 0.479 e. The van der Waals surface area contributed by atoms with E-state index in [1.807, 2.05) is 24.3 Å². The van der Waals surface area contributed by atoms with E-state index < -0.39 is 12.1 Å². The summed E-state index contributed by atoms with van der Waals surface area (Å²) in [6, 6.07) is 7.85. The number of benzene rings is 1. The number of methoxy groups -OCH3 is 1. The smallest absolute Gasteiger partial charge is 0.333 e. The van der Waals surface area contributed by atoms with E-state index in [1.54, 1.807) is 0 Å². The summed E-state index contributed by atoms with van der Waals surface area (Å²) in [6.45, 7) is 2.06. The highest BCUT2D eigenvalue weighted by atomic mass is 16.5. The van der Waals surface area contributed by atoms with Gasteiger partial charge in [-0.05, 0) is 17.5 Å². The van der Waals surface area contributed by atoms with Crippen LogP contribution in [0, 0.1) is 0 Å². The fraction of sp³-hybridized carbons (Fsp3) is 0.417. The van der Waals surface area contributed by atoms with Crippen molar-refractivity contribution in [2.45, 2.75) is 25.9 Å². The number of aryl methyl sites for hydroxylation is 1. The average molecular weight is 208 g/mol. The second-order valence-electron chi connectivity index (χ2n) is 3.39. The van der Waals surface area contributed by atoms with Gasteiger partial charge in [-0.15, -0.1) is 0 Å². The first-order valence-corrected chi connectivity index (χ1v) is 5.01. The van der Waals surface area contributed by atoms with Crippen molar-refractivity contribution in [3.05, 3.63) is 35.4 Å². The summed E-state index contributed by atoms with van der Waals surface area (Å²) in [5.41, 5.74) is 2.23. The highest BCUT2D eigenvalue weighted by Crippen LogP contribution is 2.13. The monoisotopic (exact) mass is 208 g/mol. The highest BCUT2D eigenvalue weighted by molar-refractivity contribution is 5.72. The molecule has 82 valence electrons. The quantitative estimate of drug-likeness (QED) is 0.803. The molecule has 0 radical (unpaired) electrons. The molecule has 1 aromatic carbocycles. The zero-order chi connectivity index (χ0) is 11.3. The van der Waals surface area contributed by atoms with E-state index in [1.165, 1.54) is 12.7 Å². The van der Waals surface area contributed by atoms with Crippen LogP contribution in [0.15, 0.2) is 24.3 Å². The molecule has 1 aromatic rings. The molecular weight excluding hydrogens is 192 g/mol. The first-order valence-electron chi connectivity index (χ1n) is 5.01. The molecule has 0 unspecified atom stereocenters. The predicted octanol–water partition coefficient (Wildman–Crippen LogP) is 1.89. The van der Waals surface area contributed by atoms with E-state index in [9.17, 15) is 4.79 Å². The van der Waals surface area contributed by atoms with Crippen molar-refractivity contribution in [3.8, 4) is 0 Å². The molecule has 0 heterocycles. The van der Waals surface area contributed by atoms with E-state index >= 15 is 0 Å². The molecule has 0 aromatic heterocycles. The minimum absolute atomic E-state index is 0.426. The summed E-state index contributed by atoms with van der Waals surface area (Å²) >= 11 is 0. The van der Waals surface area contributed by atoms with Gasteiger partial charge in [0.1, 0.15) is 0 Å². The van der Waals surface area contributed by atoms with E-state index in [2.05, 4.69) is 6.92 Å². The molecule has 1 atom stereocenters. The van der Waals surface area contributed by atoms with Crippen molar-refractivity contribution in [1.29, 1.82) is 0 Å². The Kier molecular flexibility index (Phi) is 4.31. The number of rotatable bonds is 5. The van der Waals surface area contributed by atoms with Crippen LogP contribution in [0.1, 0.15) is 18.1 Å². The van der Waals surface area contributed by atoms with Gasteiger partial charge in [0.15, 0.2) is 6.10 Å². The van der Waals surface area contributed by atoms with Gasteiger partial charge in [0.2, 0.25) is 0 Å². The van der Waals surface area contributed by atoms with Crippen LogP contribution >= 0.6 is 0 Å². The van der Waals surface area contributed by atoms with Crippen LogP contribution < -0.4 is 0 Å². The Bertz CT molecular complexity index is 333. The van der Waals surface area contributed by atoms with Gasteiger partial charge < -0.3 is 9.84 Å². The molecule has 0 amide bonds. The third-order valence-corrected chi connectivity index (χ3v) is 2.46. The van der Waals surface area contributed by atoms with Crippen LogP contribution in [0.2, 0.25) is 0 Å². The Morgan fingerprint density at radius 1 is 1.40 bits per heavy atom. The third-order valence-electron chi connectivity index (χ3n) is 2.46. The first kappa shape index (κ1) is 11.7. The highest BCUT2D eigenvalue weighted by Gasteiger charge is 2.17. The maximum absolute atomic E-state index is 10.8. The van der Waals surface area contributed by atoms with Gasteiger partial charge in [-0.25, -0.2) is 4.79 Å². The molecule has 3 heteroatoms. The molecule has 1 rings (SSSR count). The van der Waals surface area contributed by atoms with Crippen LogP contribution in [-0.2, 0) is 22.4 Å². The molecule has 0 aliphatic rings. The SMILES string of the molecule is CCc1ccccc1C[C@H](OC)C(=O)O. The Morgan fingerprint density at radius 2 is 2.00 bits per heavy atom. The lowest BCUT2D eigenvalue weighted by molar-refractivity contribution is -0.148.